The molecule has 0 saturated heterocycles. The Morgan fingerprint density at radius 2 is 1.41 bits per heavy atom. The lowest BCUT2D eigenvalue weighted by molar-refractivity contribution is -0.141. The van der Waals surface area contributed by atoms with E-state index in [9.17, 15) is 18.0 Å². The molecule has 9 heteroatoms. The summed E-state index contributed by atoms with van der Waals surface area (Å²) in [5.41, 5.74) is 3.48. The second-order valence-electron chi connectivity index (χ2n) is 11.1. The second-order valence-corrected chi connectivity index (χ2v) is 13.2. The first kappa shape index (κ1) is 31.4. The Kier molecular flexibility index (Phi) is 10.5. The van der Waals surface area contributed by atoms with Gasteiger partial charge in [0.25, 0.3) is 0 Å². The van der Waals surface area contributed by atoms with Crippen molar-refractivity contribution in [3.05, 3.63) is 136 Å². The van der Waals surface area contributed by atoms with Gasteiger partial charge in [0.2, 0.25) is 21.8 Å². The maximum Gasteiger partial charge on any atom is 0.243 e. The van der Waals surface area contributed by atoms with Gasteiger partial charge in [-0.05, 0) is 59.7 Å². The predicted octanol–water partition coefficient (Wildman–Crippen LogP) is 5.67. The number of aryl methyl sites for hydroxylation is 1. The summed E-state index contributed by atoms with van der Waals surface area (Å²) in [6.45, 7) is 0.503. The second kappa shape index (κ2) is 14.7. The number of rotatable bonds is 14. The van der Waals surface area contributed by atoms with Gasteiger partial charge in [-0.3, -0.25) is 9.59 Å². The van der Waals surface area contributed by atoms with Crippen LogP contribution in [0.25, 0.3) is 0 Å². The van der Waals surface area contributed by atoms with Crippen molar-refractivity contribution < 1.29 is 18.0 Å². The number of benzene rings is 4. The zero-order valence-electron chi connectivity index (χ0n) is 24.4. The molecule has 0 heterocycles. The van der Waals surface area contributed by atoms with Crippen LogP contribution < -0.4 is 10.0 Å². The first-order valence-corrected chi connectivity index (χ1v) is 16.6. The minimum Gasteiger partial charge on any atom is -0.350 e. The van der Waals surface area contributed by atoms with Crippen LogP contribution in [0.1, 0.15) is 41.5 Å². The lowest BCUT2D eigenvalue weighted by Crippen LogP contribution is -2.50. The fraction of sp³-hybridized carbons (Fsp3) is 0.257. The lowest BCUT2D eigenvalue weighted by Gasteiger charge is -2.32. The molecule has 1 fully saturated rings. The Balaban J connectivity index is 1.35. The van der Waals surface area contributed by atoms with Crippen LogP contribution >= 0.6 is 11.6 Å². The molecule has 0 unspecified atom stereocenters. The van der Waals surface area contributed by atoms with E-state index in [0.717, 1.165) is 35.1 Å². The molecule has 0 spiro atoms. The van der Waals surface area contributed by atoms with Crippen molar-refractivity contribution in [2.24, 2.45) is 0 Å². The van der Waals surface area contributed by atoms with Gasteiger partial charge in [-0.25, -0.2) is 13.1 Å². The Morgan fingerprint density at radius 1 is 0.795 bits per heavy atom. The monoisotopic (exact) mass is 629 g/mol. The van der Waals surface area contributed by atoms with Crippen LogP contribution in [0.4, 0.5) is 0 Å². The zero-order valence-corrected chi connectivity index (χ0v) is 25.9. The highest BCUT2D eigenvalue weighted by molar-refractivity contribution is 7.89. The summed E-state index contributed by atoms with van der Waals surface area (Å²) in [7, 11) is -3.55. The zero-order chi connectivity index (χ0) is 30.9. The normalized spacial score (nSPS) is 13.7. The summed E-state index contributed by atoms with van der Waals surface area (Å²) >= 11 is 6.34. The minimum atomic E-state index is -3.55. The van der Waals surface area contributed by atoms with Gasteiger partial charge in [0.05, 0.1) is 4.90 Å². The fourth-order valence-corrected chi connectivity index (χ4v) is 6.50. The smallest absolute Gasteiger partial charge is 0.243 e. The van der Waals surface area contributed by atoms with Gasteiger partial charge in [-0.2, -0.15) is 0 Å². The lowest BCUT2D eigenvalue weighted by atomic mass is 10.0. The Bertz CT molecular complexity index is 1660. The van der Waals surface area contributed by atoms with Crippen LogP contribution in [0.5, 0.6) is 0 Å². The van der Waals surface area contributed by atoms with Gasteiger partial charge < -0.3 is 10.2 Å². The van der Waals surface area contributed by atoms with Crippen molar-refractivity contribution in [3.63, 3.8) is 0 Å². The average Bonchev–Trinajstić information content (AvgIpc) is 3.85. The van der Waals surface area contributed by atoms with Crippen LogP contribution in [-0.4, -0.2) is 37.2 Å². The molecule has 0 radical (unpaired) electrons. The standard InChI is InChI=1S/C35H36ClN3O4S/c36-32-14-8-7-13-29(32)24-37-35(41)33(23-27-9-3-1-4-10-27)39(25-28-11-5-2-6-12-28)34(40)22-17-26-15-20-31(21-16-26)44(42,43)38-30-18-19-30/h1-16,20-21,30,33,38H,17-19,22-25H2,(H,37,41)/t33-/m0/s1. The average molecular weight is 630 g/mol. The van der Waals surface area contributed by atoms with Crippen LogP contribution in [0, 0.1) is 0 Å². The van der Waals surface area contributed by atoms with Crippen molar-refractivity contribution in [2.75, 3.05) is 0 Å². The molecule has 1 saturated carbocycles. The van der Waals surface area contributed by atoms with E-state index >= 15 is 0 Å². The van der Waals surface area contributed by atoms with Crippen molar-refractivity contribution >= 4 is 33.4 Å². The highest BCUT2D eigenvalue weighted by Crippen LogP contribution is 2.23. The molecular formula is C35H36ClN3O4S. The van der Waals surface area contributed by atoms with E-state index in [4.69, 9.17) is 11.6 Å². The molecule has 5 rings (SSSR count). The minimum absolute atomic E-state index is 0.0265. The van der Waals surface area contributed by atoms with E-state index in [2.05, 4.69) is 10.0 Å². The molecule has 4 aromatic carbocycles. The molecule has 0 bridgehead atoms. The van der Waals surface area contributed by atoms with Gasteiger partial charge in [0.1, 0.15) is 6.04 Å². The highest BCUT2D eigenvalue weighted by Gasteiger charge is 2.31. The van der Waals surface area contributed by atoms with Crippen molar-refractivity contribution in [1.82, 2.24) is 14.9 Å². The number of carbonyl (C=O) groups excluding carboxylic acids is 2. The largest absolute Gasteiger partial charge is 0.350 e. The quantitative estimate of drug-likeness (QED) is 0.188. The van der Waals surface area contributed by atoms with Gasteiger partial charge in [-0.1, -0.05) is 103 Å². The summed E-state index contributed by atoms with van der Waals surface area (Å²) in [6.07, 6.45) is 2.63. The first-order valence-electron chi connectivity index (χ1n) is 14.8. The molecule has 2 amide bonds. The Morgan fingerprint density at radius 3 is 2.05 bits per heavy atom. The van der Waals surface area contributed by atoms with Gasteiger partial charge in [0.15, 0.2) is 0 Å². The van der Waals surface area contributed by atoms with E-state index in [1.807, 2.05) is 78.9 Å². The summed E-state index contributed by atoms with van der Waals surface area (Å²) in [6, 6.07) is 32.5. The van der Waals surface area contributed by atoms with Crippen LogP contribution in [0.3, 0.4) is 0 Å². The van der Waals surface area contributed by atoms with E-state index in [1.165, 1.54) is 0 Å². The highest BCUT2D eigenvalue weighted by atomic mass is 35.5. The fourth-order valence-electron chi connectivity index (χ4n) is 4.99. The number of hydrogen-bond acceptors (Lipinski definition) is 4. The number of nitrogens with zero attached hydrogens (tertiary/aromatic N) is 1. The molecule has 4 aromatic rings. The molecule has 1 atom stereocenters. The molecule has 0 aliphatic heterocycles. The van der Waals surface area contributed by atoms with E-state index in [0.29, 0.717) is 17.9 Å². The van der Waals surface area contributed by atoms with Crippen LogP contribution in [0.2, 0.25) is 5.02 Å². The number of amides is 2. The summed E-state index contributed by atoms with van der Waals surface area (Å²) in [4.78, 5) is 29.7. The van der Waals surface area contributed by atoms with Crippen LogP contribution in [-0.2, 0) is 45.5 Å². The SMILES string of the molecule is O=C(NCc1ccccc1Cl)[C@H](Cc1ccccc1)N(Cc1ccccc1)C(=O)CCc1ccc(S(=O)(=O)NC2CC2)cc1. The third kappa shape index (κ3) is 8.78. The Labute approximate surface area is 264 Å². The number of halogens is 1. The maximum absolute atomic E-state index is 14.0. The van der Waals surface area contributed by atoms with Gasteiger partial charge in [-0.15, -0.1) is 0 Å². The van der Waals surface area contributed by atoms with E-state index < -0.39 is 16.1 Å². The Hall–Kier alpha value is -3.98. The van der Waals surface area contributed by atoms with Gasteiger partial charge >= 0.3 is 0 Å². The summed E-state index contributed by atoms with van der Waals surface area (Å²) < 4.78 is 27.8. The van der Waals surface area contributed by atoms with Gasteiger partial charge in [0, 0.05) is 37.0 Å². The number of sulfonamides is 1. The third-order valence-electron chi connectivity index (χ3n) is 7.64. The third-order valence-corrected chi connectivity index (χ3v) is 9.54. The predicted molar refractivity (Wildman–Crippen MR) is 172 cm³/mol. The van der Waals surface area contributed by atoms with Crippen molar-refractivity contribution in [2.45, 2.75) is 62.2 Å². The topological polar surface area (TPSA) is 95.6 Å². The summed E-state index contributed by atoms with van der Waals surface area (Å²) in [5.74, 6) is -0.439. The van der Waals surface area contributed by atoms with Crippen molar-refractivity contribution in [1.29, 1.82) is 0 Å². The molecule has 0 aromatic heterocycles. The molecule has 1 aliphatic carbocycles. The molecule has 1 aliphatic rings. The molecule has 44 heavy (non-hydrogen) atoms. The van der Waals surface area contributed by atoms with Crippen molar-refractivity contribution in [3.8, 4) is 0 Å². The number of nitrogens with one attached hydrogen (secondary N) is 2. The number of carbonyl (C=O) groups is 2. The molecule has 228 valence electrons. The van der Waals surface area contributed by atoms with Crippen LogP contribution in [0.15, 0.2) is 114 Å². The molecule has 7 nitrogen and oxygen atoms in total. The summed E-state index contributed by atoms with van der Waals surface area (Å²) in [5, 5.41) is 3.57. The van der Waals surface area contributed by atoms with E-state index in [-0.39, 0.29) is 42.3 Å². The van der Waals surface area contributed by atoms with E-state index in [1.54, 1.807) is 35.2 Å². The maximum atomic E-state index is 14.0. The number of hydrogen-bond donors (Lipinski definition) is 2. The molecular weight excluding hydrogens is 594 g/mol. The first-order chi connectivity index (χ1) is 21.3. The molecule has 2 N–H and O–H groups in total.